The van der Waals surface area contributed by atoms with Gasteiger partial charge in [-0.2, -0.15) is 0 Å². The van der Waals surface area contributed by atoms with Crippen molar-refractivity contribution in [3.05, 3.63) is 0 Å². The number of nitrogens with zero attached hydrogens (tertiary/aromatic N) is 1. The fourth-order valence-electron chi connectivity index (χ4n) is 3.30. The number of rotatable bonds is 3. The van der Waals surface area contributed by atoms with Gasteiger partial charge in [-0.15, -0.1) is 0 Å². The van der Waals surface area contributed by atoms with Gasteiger partial charge >= 0.3 is 0 Å². The van der Waals surface area contributed by atoms with E-state index in [-0.39, 0.29) is 11.5 Å². The van der Waals surface area contributed by atoms with Crippen molar-refractivity contribution in [2.75, 3.05) is 13.1 Å². The molecule has 1 heterocycles. The predicted molar refractivity (Wildman–Crippen MR) is 62.9 cm³/mol. The van der Waals surface area contributed by atoms with Gasteiger partial charge < -0.3 is 10.0 Å². The Morgan fingerprint density at radius 1 is 1.38 bits per heavy atom. The SMILES string of the molecule is CC(C)CC1(C(=O)N2CC(O)C2)CCCC1. The molecule has 0 unspecified atom stereocenters. The Hall–Kier alpha value is -0.570. The van der Waals surface area contributed by atoms with Crippen molar-refractivity contribution >= 4 is 5.91 Å². The average Bonchev–Trinajstić information content (AvgIpc) is 2.60. The Morgan fingerprint density at radius 2 is 1.94 bits per heavy atom. The maximum absolute atomic E-state index is 12.4. The maximum Gasteiger partial charge on any atom is 0.228 e. The normalized spacial score (nSPS) is 24.9. The summed E-state index contributed by atoms with van der Waals surface area (Å²) in [6, 6.07) is 0. The van der Waals surface area contributed by atoms with Gasteiger partial charge in [0.25, 0.3) is 0 Å². The number of hydrogen-bond acceptors (Lipinski definition) is 2. The summed E-state index contributed by atoms with van der Waals surface area (Å²) in [5.41, 5.74) is -0.0890. The lowest BCUT2D eigenvalue weighted by molar-refractivity contribution is -0.153. The number of aliphatic hydroxyl groups is 1. The van der Waals surface area contributed by atoms with Crippen LogP contribution in [0.5, 0.6) is 0 Å². The number of hydrogen-bond donors (Lipinski definition) is 1. The zero-order valence-electron chi connectivity index (χ0n) is 10.4. The summed E-state index contributed by atoms with van der Waals surface area (Å²) in [6.07, 6.45) is 5.22. The molecule has 3 heteroatoms. The second-order valence-corrected chi connectivity index (χ2v) is 5.95. The first-order valence-corrected chi connectivity index (χ1v) is 6.51. The van der Waals surface area contributed by atoms with Crippen LogP contribution in [0.1, 0.15) is 46.0 Å². The average molecular weight is 225 g/mol. The third-order valence-corrected chi connectivity index (χ3v) is 3.96. The van der Waals surface area contributed by atoms with Crippen LogP contribution in [0.15, 0.2) is 0 Å². The number of amides is 1. The van der Waals surface area contributed by atoms with Crippen LogP contribution in [0.4, 0.5) is 0 Å². The highest BCUT2D eigenvalue weighted by atomic mass is 16.3. The predicted octanol–water partition coefficient (Wildman–Crippen LogP) is 1.80. The molecular weight excluding hydrogens is 202 g/mol. The molecule has 1 saturated heterocycles. The van der Waals surface area contributed by atoms with Crippen molar-refractivity contribution in [3.8, 4) is 0 Å². The van der Waals surface area contributed by atoms with E-state index in [2.05, 4.69) is 13.8 Å². The van der Waals surface area contributed by atoms with E-state index in [1.165, 1.54) is 12.8 Å². The lowest BCUT2D eigenvalue weighted by Gasteiger charge is -2.42. The Balaban J connectivity index is 2.04. The van der Waals surface area contributed by atoms with Gasteiger partial charge in [0, 0.05) is 18.5 Å². The first kappa shape index (κ1) is 11.9. The van der Waals surface area contributed by atoms with Crippen molar-refractivity contribution in [1.82, 2.24) is 4.90 Å². The number of carbonyl (C=O) groups is 1. The minimum absolute atomic E-state index is 0.0890. The molecule has 0 spiro atoms. The minimum atomic E-state index is -0.276. The summed E-state index contributed by atoms with van der Waals surface area (Å²) in [5.74, 6) is 0.886. The third kappa shape index (κ3) is 2.10. The fourth-order valence-corrected chi connectivity index (χ4v) is 3.30. The molecule has 0 radical (unpaired) electrons. The van der Waals surface area contributed by atoms with Gasteiger partial charge in [0.05, 0.1) is 6.10 Å². The van der Waals surface area contributed by atoms with E-state index in [0.717, 1.165) is 19.3 Å². The van der Waals surface area contributed by atoms with Gasteiger partial charge in [0.1, 0.15) is 0 Å². The topological polar surface area (TPSA) is 40.5 Å². The zero-order chi connectivity index (χ0) is 11.8. The highest BCUT2D eigenvalue weighted by molar-refractivity contribution is 5.83. The molecule has 0 aromatic carbocycles. The lowest BCUT2D eigenvalue weighted by atomic mass is 9.76. The quantitative estimate of drug-likeness (QED) is 0.795. The van der Waals surface area contributed by atoms with E-state index in [1.54, 1.807) is 0 Å². The van der Waals surface area contributed by atoms with Crippen LogP contribution < -0.4 is 0 Å². The standard InChI is InChI=1S/C13H23NO2/c1-10(2)7-13(5-3-4-6-13)12(16)14-8-11(15)9-14/h10-11,15H,3-9H2,1-2H3. The van der Waals surface area contributed by atoms with E-state index in [1.807, 2.05) is 4.90 Å². The van der Waals surface area contributed by atoms with Crippen LogP contribution in [0, 0.1) is 11.3 Å². The molecule has 2 rings (SSSR count). The highest BCUT2D eigenvalue weighted by Gasteiger charge is 2.46. The third-order valence-electron chi connectivity index (χ3n) is 3.96. The Bertz CT molecular complexity index is 263. The van der Waals surface area contributed by atoms with Crippen LogP contribution in [0.25, 0.3) is 0 Å². The van der Waals surface area contributed by atoms with Crippen LogP contribution in [-0.4, -0.2) is 35.1 Å². The molecule has 0 atom stereocenters. The van der Waals surface area contributed by atoms with Gasteiger partial charge in [-0.05, 0) is 25.2 Å². The largest absolute Gasteiger partial charge is 0.389 e. The minimum Gasteiger partial charge on any atom is -0.389 e. The molecule has 2 fully saturated rings. The van der Waals surface area contributed by atoms with Crippen LogP contribution in [0.2, 0.25) is 0 Å². The highest BCUT2D eigenvalue weighted by Crippen LogP contribution is 2.45. The van der Waals surface area contributed by atoms with Crippen molar-refractivity contribution in [2.24, 2.45) is 11.3 Å². The summed E-state index contributed by atoms with van der Waals surface area (Å²) in [4.78, 5) is 14.3. The second-order valence-electron chi connectivity index (χ2n) is 5.95. The van der Waals surface area contributed by atoms with Gasteiger partial charge in [0.15, 0.2) is 0 Å². The summed E-state index contributed by atoms with van der Waals surface area (Å²) in [5, 5.41) is 9.28. The number of carbonyl (C=O) groups excluding carboxylic acids is 1. The molecule has 1 N–H and O–H groups in total. The summed E-state index contributed by atoms with van der Waals surface area (Å²) in [6.45, 7) is 5.49. The lowest BCUT2D eigenvalue weighted by Crippen LogP contribution is -2.57. The fraction of sp³-hybridized carbons (Fsp3) is 0.923. The van der Waals surface area contributed by atoms with Crippen LogP contribution >= 0.6 is 0 Å². The van der Waals surface area contributed by atoms with Gasteiger partial charge in [-0.3, -0.25) is 4.79 Å². The maximum atomic E-state index is 12.4. The van der Waals surface area contributed by atoms with E-state index in [0.29, 0.717) is 24.9 Å². The molecule has 0 bridgehead atoms. The monoisotopic (exact) mass is 225 g/mol. The van der Waals surface area contributed by atoms with Crippen molar-refractivity contribution in [3.63, 3.8) is 0 Å². The summed E-state index contributed by atoms with van der Waals surface area (Å²) < 4.78 is 0. The second kappa shape index (κ2) is 4.36. The van der Waals surface area contributed by atoms with E-state index < -0.39 is 0 Å². The van der Waals surface area contributed by atoms with Crippen LogP contribution in [0.3, 0.4) is 0 Å². The molecule has 0 aromatic heterocycles. The Kier molecular flexibility index (Phi) is 3.24. The molecule has 3 nitrogen and oxygen atoms in total. The summed E-state index contributed by atoms with van der Waals surface area (Å²) in [7, 11) is 0. The number of likely N-dealkylation sites (tertiary alicyclic amines) is 1. The molecule has 2 aliphatic rings. The van der Waals surface area contributed by atoms with Crippen molar-refractivity contribution < 1.29 is 9.90 Å². The number of β-amino-alcohol motifs (C(OH)–C–C–N with tert-alkyl or cyclic N) is 1. The first-order chi connectivity index (χ1) is 7.53. The molecular formula is C13H23NO2. The zero-order valence-corrected chi connectivity index (χ0v) is 10.4. The summed E-state index contributed by atoms with van der Waals surface area (Å²) >= 11 is 0. The molecule has 1 aliphatic heterocycles. The van der Waals surface area contributed by atoms with Gasteiger partial charge in [-0.25, -0.2) is 0 Å². The molecule has 92 valence electrons. The molecule has 16 heavy (non-hydrogen) atoms. The smallest absolute Gasteiger partial charge is 0.228 e. The Morgan fingerprint density at radius 3 is 2.38 bits per heavy atom. The number of aliphatic hydroxyl groups excluding tert-OH is 1. The molecule has 1 aliphatic carbocycles. The van der Waals surface area contributed by atoms with Gasteiger partial charge in [-0.1, -0.05) is 26.7 Å². The van der Waals surface area contributed by atoms with Gasteiger partial charge in [0.2, 0.25) is 5.91 Å². The molecule has 1 amide bonds. The van der Waals surface area contributed by atoms with Crippen LogP contribution in [-0.2, 0) is 4.79 Å². The first-order valence-electron chi connectivity index (χ1n) is 6.51. The van der Waals surface area contributed by atoms with E-state index >= 15 is 0 Å². The molecule has 1 saturated carbocycles. The van der Waals surface area contributed by atoms with E-state index in [4.69, 9.17) is 0 Å². The molecule has 0 aromatic rings. The Labute approximate surface area is 97.8 Å². The van der Waals surface area contributed by atoms with Crippen molar-refractivity contribution in [1.29, 1.82) is 0 Å². The van der Waals surface area contributed by atoms with E-state index in [9.17, 15) is 9.90 Å². The van der Waals surface area contributed by atoms with Crippen molar-refractivity contribution in [2.45, 2.75) is 52.1 Å².